The van der Waals surface area contributed by atoms with E-state index < -0.39 is 6.10 Å². The Morgan fingerprint density at radius 1 is 1.23 bits per heavy atom. The van der Waals surface area contributed by atoms with Gasteiger partial charge in [0.1, 0.15) is 0 Å². The van der Waals surface area contributed by atoms with Gasteiger partial charge in [0.2, 0.25) is 0 Å². The van der Waals surface area contributed by atoms with Crippen LogP contribution in [0.5, 0.6) is 0 Å². The molecule has 2 aromatic carbocycles. The van der Waals surface area contributed by atoms with E-state index in [0.29, 0.717) is 29.8 Å². The Bertz CT molecular complexity index is 1230. The summed E-state index contributed by atoms with van der Waals surface area (Å²) in [5, 5.41) is 13.8. The van der Waals surface area contributed by atoms with Crippen molar-refractivity contribution in [3.63, 3.8) is 0 Å². The molecule has 0 amide bonds. The van der Waals surface area contributed by atoms with E-state index in [1.165, 1.54) is 0 Å². The second kappa shape index (κ2) is 7.99. The van der Waals surface area contributed by atoms with Crippen LogP contribution in [-0.4, -0.2) is 34.0 Å². The van der Waals surface area contributed by atoms with Gasteiger partial charge >= 0.3 is 0 Å². The van der Waals surface area contributed by atoms with Gasteiger partial charge in [-0.3, -0.25) is 9.36 Å². The van der Waals surface area contributed by atoms with E-state index in [1.807, 2.05) is 36.4 Å². The molecule has 0 saturated carbocycles. The van der Waals surface area contributed by atoms with Gasteiger partial charge in [0, 0.05) is 17.0 Å². The highest BCUT2D eigenvalue weighted by Crippen LogP contribution is 2.30. The highest BCUT2D eigenvalue weighted by atomic mass is 35.5. The number of ether oxygens (including phenoxy) is 1. The zero-order chi connectivity index (χ0) is 20.7. The molecule has 1 saturated heterocycles. The number of halogens is 1. The number of hydrogen-bond acceptors (Lipinski definition) is 4. The van der Waals surface area contributed by atoms with E-state index in [-0.39, 0.29) is 18.2 Å². The minimum Gasteiger partial charge on any atom is -0.389 e. The van der Waals surface area contributed by atoms with E-state index >= 15 is 0 Å². The van der Waals surface area contributed by atoms with Crippen molar-refractivity contribution >= 4 is 33.3 Å². The topological polar surface area (TPSA) is 64.4 Å². The Hall–Kier alpha value is -2.47. The zero-order valence-electron chi connectivity index (χ0n) is 16.5. The number of allylic oxidation sites excluding steroid dienone is 4. The van der Waals surface area contributed by atoms with Gasteiger partial charge in [-0.1, -0.05) is 48.0 Å². The highest BCUT2D eigenvalue weighted by molar-refractivity contribution is 6.31. The van der Waals surface area contributed by atoms with Crippen LogP contribution in [0.3, 0.4) is 0 Å². The second-order valence-electron chi connectivity index (χ2n) is 8.08. The fourth-order valence-electron chi connectivity index (χ4n) is 4.56. The van der Waals surface area contributed by atoms with Crippen LogP contribution < -0.4 is 5.56 Å². The lowest BCUT2D eigenvalue weighted by molar-refractivity contribution is -0.0395. The fourth-order valence-corrected chi connectivity index (χ4v) is 4.72. The SMILES string of the molecule is O=c1c2cc(CC3C=CC(Cl)=CC3)c3ccccc3c2ncn1[C@H]1CCOC[C@@H]1O. The van der Waals surface area contributed by atoms with E-state index in [9.17, 15) is 9.90 Å². The summed E-state index contributed by atoms with van der Waals surface area (Å²) in [6.45, 7) is 0.765. The average Bonchev–Trinajstić information content (AvgIpc) is 2.77. The maximum atomic E-state index is 13.4. The van der Waals surface area contributed by atoms with Crippen LogP contribution in [0.1, 0.15) is 24.4 Å². The number of nitrogens with zero attached hydrogens (tertiary/aromatic N) is 2. The van der Waals surface area contributed by atoms with Gasteiger partial charge in [0.25, 0.3) is 5.56 Å². The summed E-state index contributed by atoms with van der Waals surface area (Å²) in [6, 6.07) is 9.79. The van der Waals surface area contributed by atoms with Gasteiger partial charge in [-0.15, -0.1) is 0 Å². The van der Waals surface area contributed by atoms with Crippen molar-refractivity contribution in [1.82, 2.24) is 9.55 Å². The number of aromatic nitrogens is 2. The van der Waals surface area contributed by atoms with Crippen molar-refractivity contribution in [2.24, 2.45) is 5.92 Å². The molecule has 1 fully saturated rings. The summed E-state index contributed by atoms with van der Waals surface area (Å²) < 4.78 is 6.90. The van der Waals surface area contributed by atoms with Crippen molar-refractivity contribution in [2.75, 3.05) is 13.2 Å². The minimum atomic E-state index is -0.709. The molecule has 1 N–H and O–H groups in total. The Kier molecular flexibility index (Phi) is 5.19. The molecule has 0 radical (unpaired) electrons. The number of aliphatic hydroxyl groups is 1. The zero-order valence-corrected chi connectivity index (χ0v) is 17.3. The molecule has 3 aromatic rings. The van der Waals surface area contributed by atoms with Crippen LogP contribution >= 0.6 is 11.6 Å². The van der Waals surface area contributed by atoms with Gasteiger partial charge in [0.05, 0.1) is 36.0 Å². The molecule has 0 spiro atoms. The molecule has 1 aliphatic carbocycles. The standard InChI is InChI=1S/C24H23ClN2O3/c25-17-7-5-15(6-8-17)11-16-12-20-23(19-4-2-1-3-18(16)19)26-14-27(24(20)29)21-9-10-30-13-22(21)28/h1-5,7-8,12,14-15,21-22,28H,6,9-11,13H2/t15?,21-,22-/m0/s1. The number of benzene rings is 2. The van der Waals surface area contributed by atoms with Gasteiger partial charge < -0.3 is 9.84 Å². The molecule has 30 heavy (non-hydrogen) atoms. The fraction of sp³-hybridized carbons (Fsp3) is 0.333. The first-order valence-corrected chi connectivity index (χ1v) is 10.7. The largest absolute Gasteiger partial charge is 0.389 e. The molecule has 2 heterocycles. The number of hydrogen-bond donors (Lipinski definition) is 1. The van der Waals surface area contributed by atoms with Crippen molar-refractivity contribution < 1.29 is 9.84 Å². The summed E-state index contributed by atoms with van der Waals surface area (Å²) >= 11 is 6.07. The molecule has 2 aliphatic rings. The third kappa shape index (κ3) is 3.47. The molecule has 5 nitrogen and oxygen atoms in total. The van der Waals surface area contributed by atoms with Crippen LogP contribution in [0.15, 0.2) is 64.7 Å². The highest BCUT2D eigenvalue weighted by Gasteiger charge is 2.27. The van der Waals surface area contributed by atoms with Crippen molar-refractivity contribution in [2.45, 2.75) is 31.4 Å². The van der Waals surface area contributed by atoms with Crippen LogP contribution in [0, 0.1) is 5.92 Å². The van der Waals surface area contributed by atoms with Gasteiger partial charge in [-0.2, -0.15) is 0 Å². The van der Waals surface area contributed by atoms with Crippen molar-refractivity contribution in [3.8, 4) is 0 Å². The lowest BCUT2D eigenvalue weighted by Crippen LogP contribution is -2.39. The van der Waals surface area contributed by atoms with Gasteiger partial charge in [0.15, 0.2) is 0 Å². The monoisotopic (exact) mass is 422 g/mol. The second-order valence-corrected chi connectivity index (χ2v) is 8.52. The van der Waals surface area contributed by atoms with Crippen molar-refractivity contribution in [3.05, 3.63) is 75.8 Å². The maximum absolute atomic E-state index is 13.4. The van der Waals surface area contributed by atoms with Crippen LogP contribution in [0.2, 0.25) is 0 Å². The third-order valence-corrected chi connectivity index (χ3v) is 6.43. The molecule has 1 aliphatic heterocycles. The Morgan fingerprint density at radius 3 is 2.83 bits per heavy atom. The van der Waals surface area contributed by atoms with Crippen LogP contribution in [0.4, 0.5) is 0 Å². The molecular formula is C24H23ClN2O3. The summed E-state index contributed by atoms with van der Waals surface area (Å²) in [5.74, 6) is 0.338. The summed E-state index contributed by atoms with van der Waals surface area (Å²) in [7, 11) is 0. The van der Waals surface area contributed by atoms with E-state index in [4.69, 9.17) is 16.3 Å². The molecule has 5 rings (SSSR count). The molecule has 0 bridgehead atoms. The molecular weight excluding hydrogens is 400 g/mol. The Morgan fingerprint density at radius 2 is 2.07 bits per heavy atom. The minimum absolute atomic E-state index is 0.111. The third-order valence-electron chi connectivity index (χ3n) is 6.15. The van der Waals surface area contributed by atoms with E-state index in [0.717, 1.165) is 34.2 Å². The average molecular weight is 423 g/mol. The lowest BCUT2D eigenvalue weighted by Gasteiger charge is -2.29. The number of aliphatic hydroxyl groups excluding tert-OH is 1. The quantitative estimate of drug-likeness (QED) is 0.645. The first-order chi connectivity index (χ1) is 14.6. The van der Waals surface area contributed by atoms with Gasteiger partial charge in [-0.25, -0.2) is 4.98 Å². The number of rotatable bonds is 3. The van der Waals surface area contributed by atoms with Crippen LogP contribution in [0.25, 0.3) is 21.7 Å². The normalized spacial score (nSPS) is 24.3. The first-order valence-electron chi connectivity index (χ1n) is 10.3. The molecule has 6 heteroatoms. The Labute approximate surface area is 179 Å². The Balaban J connectivity index is 1.65. The summed E-state index contributed by atoms with van der Waals surface area (Å²) in [4.78, 5) is 18.1. The van der Waals surface area contributed by atoms with Crippen LogP contribution in [-0.2, 0) is 11.2 Å². The molecule has 1 aromatic heterocycles. The number of fused-ring (bicyclic) bond motifs is 3. The summed E-state index contributed by atoms with van der Waals surface area (Å²) in [6.07, 6.45) is 9.29. The maximum Gasteiger partial charge on any atom is 0.261 e. The molecule has 154 valence electrons. The lowest BCUT2D eigenvalue weighted by atomic mass is 9.89. The van der Waals surface area contributed by atoms with Crippen molar-refractivity contribution in [1.29, 1.82) is 0 Å². The van der Waals surface area contributed by atoms with E-state index in [1.54, 1.807) is 10.9 Å². The van der Waals surface area contributed by atoms with E-state index in [2.05, 4.69) is 17.1 Å². The molecule has 3 atom stereocenters. The smallest absolute Gasteiger partial charge is 0.261 e. The first kappa shape index (κ1) is 19.5. The summed E-state index contributed by atoms with van der Waals surface area (Å²) in [5.41, 5.74) is 1.72. The molecule has 1 unspecified atom stereocenters. The predicted molar refractivity (Wildman–Crippen MR) is 119 cm³/mol. The predicted octanol–water partition coefficient (Wildman–Crippen LogP) is 4.11. The van der Waals surface area contributed by atoms with Gasteiger partial charge in [-0.05, 0) is 48.3 Å².